The van der Waals surface area contributed by atoms with Crippen LogP contribution in [0.2, 0.25) is 5.02 Å². The number of aromatic nitrogens is 7. The van der Waals surface area contributed by atoms with Gasteiger partial charge in [0.1, 0.15) is 74.8 Å². The van der Waals surface area contributed by atoms with Gasteiger partial charge in [0.15, 0.2) is 9.84 Å². The van der Waals surface area contributed by atoms with Gasteiger partial charge in [-0.05, 0) is 233 Å². The van der Waals surface area contributed by atoms with Crippen LogP contribution in [0.25, 0.3) is 76.3 Å². The SMILES string of the molecule is CCc1cc(F)cc2c(C)c3n(c12)CCNC3=O.Cc1c2n(c3c(C)cc(Cl)cc13)CCNC2=O.Cc1c2n(c3c(C)cc(F)cc13)CCNC2=O.Cc1c2n(c3c(CC(C)C)cc(F)cc13)CCNC2=O.Cc1c2n(c3c(N4CCOCC4)cc(F)cc13)CCNC2=O.Cc1c2n(c3c(N4CCS(=O)(=O)CC4)cc(F)cc13)CCNC2=O.Cc1c2n(c3ccc(F)cc13)CCNC2=O. The highest BCUT2D eigenvalue weighted by molar-refractivity contribution is 7.91. The molecule has 26 nitrogen and oxygen atoms in total. The number of carbonyl (C=O) groups excluding carboxylic acids is 7. The van der Waals surface area contributed by atoms with Gasteiger partial charge in [-0.2, -0.15) is 0 Å². The monoisotopic (exact) mass is 1870 g/mol. The average Bonchev–Trinajstić information content (AvgIpc) is 1.58. The van der Waals surface area contributed by atoms with Crippen molar-refractivity contribution in [1.29, 1.82) is 0 Å². The van der Waals surface area contributed by atoms with E-state index >= 15 is 0 Å². The standard InChI is InChI=1S/C16H18FN3O3S.C16H18FN3O2.C16H19FN2O.C14H15FN2O.C13H13ClN2O.C13H13FN2O.C12H11FN2O/c1-10-12-8-11(17)9-13(19-4-6-24(22,23)7-5-19)15(12)20-3-2-18-16(21)14(10)20;1-10-12-8-11(17)9-13(19-4-6-22-7-5-19)15(12)20-3-2-18-16(21)14(10)20;1-9(2)6-11-7-12(17)8-13-10(3)14-16(20)18-4-5-19(14)15(11)13;1-3-9-6-10(15)7-11-8(2)12-14(18)16-4-5-17(12)13(9)11;2*1-7-5-9(14)6-10-8(2)12-13(17)15-3-4-16(12)11(7)10;1-7-9-6-8(13)2-3-10(9)15-5-4-14-12(16)11(7)15/h8-9H,2-7H2,1H3,(H,18,21);8-9H,2-7H2,1H3,(H,18,21);7-9H,4-6H2,1-3H3,(H,18,20);6-7H,3-5H2,1-2H3,(H,16,18);2*5-6H,3-4H2,1-2H3,(H,15,17);2-3,6H,4-5H2,1H3,(H,14,16). The van der Waals surface area contributed by atoms with Crippen LogP contribution in [-0.4, -0.2) is 178 Å². The van der Waals surface area contributed by atoms with E-state index in [9.17, 15) is 68.3 Å². The smallest absolute Gasteiger partial charge is 0.268 e. The number of halogens is 7. The molecule has 134 heavy (non-hydrogen) atoms. The Morgan fingerprint density at radius 1 is 0.336 bits per heavy atom. The molecule has 2 fully saturated rings. The molecule has 7 aromatic carbocycles. The van der Waals surface area contributed by atoms with E-state index < -0.39 is 9.84 Å². The predicted octanol–water partition coefficient (Wildman–Crippen LogP) is 14.8. The first-order valence-corrected chi connectivity index (χ1v) is 47.6. The Kier molecular flexibility index (Phi) is 25.7. The van der Waals surface area contributed by atoms with Gasteiger partial charge in [-0.3, -0.25) is 33.6 Å². The third-order valence-corrected chi connectivity index (χ3v) is 28.7. The van der Waals surface area contributed by atoms with E-state index in [1.807, 2.05) is 109 Å². The second-order valence-corrected chi connectivity index (χ2v) is 38.6. The fraction of sp³-hybridized carbons (Fsp3) is 0.370. The molecule has 702 valence electrons. The lowest BCUT2D eigenvalue weighted by Crippen LogP contribution is -2.41. The second kappa shape index (κ2) is 37.1. The number of rotatable bonds is 5. The molecule has 16 heterocycles. The summed E-state index contributed by atoms with van der Waals surface area (Å²) >= 11 is 6.09. The zero-order chi connectivity index (χ0) is 95.2. The lowest BCUT2D eigenvalue weighted by atomic mass is 9.99. The number of benzene rings is 7. The highest BCUT2D eigenvalue weighted by Crippen LogP contribution is 2.42. The lowest BCUT2D eigenvalue weighted by molar-refractivity contribution is 0.0920. The molecule has 0 saturated carbocycles. The molecular formula is C100H107ClF6N16O10S. The third kappa shape index (κ3) is 17.0. The first-order valence-electron chi connectivity index (χ1n) is 45.4. The second-order valence-electron chi connectivity index (χ2n) is 35.8. The fourth-order valence-corrected chi connectivity index (χ4v) is 22.5. The maximum absolute atomic E-state index is 14.2. The average molecular weight is 1870 g/mol. The van der Waals surface area contributed by atoms with E-state index in [1.165, 1.54) is 48.5 Å². The normalized spacial score (nSPS) is 16.4. The van der Waals surface area contributed by atoms with Crippen LogP contribution >= 0.6 is 11.6 Å². The predicted molar refractivity (Wildman–Crippen MR) is 509 cm³/mol. The molecule has 9 aliphatic heterocycles. The minimum absolute atomic E-state index is 0.0143. The Labute approximate surface area is 774 Å². The summed E-state index contributed by atoms with van der Waals surface area (Å²) in [5, 5.41) is 26.6. The Bertz CT molecular complexity index is 7260. The topological polar surface area (TPSA) is 288 Å². The number of aryl methyl sites for hydroxylation is 10. The summed E-state index contributed by atoms with van der Waals surface area (Å²) in [5.74, 6) is -1.48. The quantitative estimate of drug-likeness (QED) is 0.0792. The number of carbonyl (C=O) groups is 7. The molecule has 7 N–H and O–H groups in total. The number of morpholine rings is 1. The Balaban J connectivity index is 0.000000109. The largest absolute Gasteiger partial charge is 0.378 e. The van der Waals surface area contributed by atoms with Gasteiger partial charge in [0.05, 0.1) is 69.2 Å². The summed E-state index contributed by atoms with van der Waals surface area (Å²) in [5.41, 5.74) is 23.1. The number of hydrogen-bond acceptors (Lipinski definition) is 12. The molecule has 23 rings (SSSR count). The van der Waals surface area contributed by atoms with Crippen molar-refractivity contribution in [2.45, 2.75) is 142 Å². The summed E-state index contributed by atoms with van der Waals surface area (Å²) < 4.78 is 125. The number of nitrogens with zero attached hydrogens (tertiary/aromatic N) is 9. The molecule has 2 saturated heterocycles. The van der Waals surface area contributed by atoms with E-state index in [0.717, 1.165) is 207 Å². The molecule has 0 radical (unpaired) electrons. The minimum atomic E-state index is -3.01. The lowest BCUT2D eigenvalue weighted by Gasteiger charge is -2.30. The number of sulfone groups is 1. The van der Waals surface area contributed by atoms with Gasteiger partial charge in [0, 0.05) is 166 Å². The molecule has 9 aliphatic rings. The van der Waals surface area contributed by atoms with E-state index in [1.54, 1.807) is 30.3 Å². The zero-order valence-electron chi connectivity index (χ0n) is 76.9. The van der Waals surface area contributed by atoms with Crippen molar-refractivity contribution in [3.8, 4) is 0 Å². The minimum Gasteiger partial charge on any atom is -0.378 e. The van der Waals surface area contributed by atoms with Crippen LogP contribution < -0.4 is 47.0 Å². The van der Waals surface area contributed by atoms with Gasteiger partial charge in [0.25, 0.3) is 41.4 Å². The number of amides is 7. The Morgan fingerprint density at radius 3 is 1.01 bits per heavy atom. The Morgan fingerprint density at radius 2 is 0.627 bits per heavy atom. The first-order chi connectivity index (χ1) is 64.0. The van der Waals surface area contributed by atoms with E-state index in [4.69, 9.17) is 16.3 Å². The zero-order valence-corrected chi connectivity index (χ0v) is 78.4. The van der Waals surface area contributed by atoms with Crippen molar-refractivity contribution in [3.63, 3.8) is 0 Å². The van der Waals surface area contributed by atoms with Crippen molar-refractivity contribution in [1.82, 2.24) is 69.2 Å². The molecule has 0 atom stereocenters. The third-order valence-electron chi connectivity index (χ3n) is 26.9. The van der Waals surface area contributed by atoms with Gasteiger partial charge in [0.2, 0.25) is 0 Å². The Hall–Kier alpha value is -13.0. The number of nitrogens with one attached hydrogen (secondary N) is 7. The van der Waals surface area contributed by atoms with Crippen LogP contribution in [0.3, 0.4) is 0 Å². The number of fused-ring (bicyclic) bond motifs is 21. The van der Waals surface area contributed by atoms with Crippen LogP contribution in [0, 0.1) is 103 Å². The molecule has 7 aromatic heterocycles. The van der Waals surface area contributed by atoms with Crippen LogP contribution in [0.1, 0.15) is 155 Å². The van der Waals surface area contributed by atoms with E-state index in [2.05, 4.69) is 65.1 Å². The van der Waals surface area contributed by atoms with E-state index in [-0.39, 0.29) is 87.8 Å². The van der Waals surface area contributed by atoms with Crippen molar-refractivity contribution in [2.24, 2.45) is 5.92 Å². The maximum atomic E-state index is 14.2. The molecule has 0 unspecified atom stereocenters. The van der Waals surface area contributed by atoms with Crippen LogP contribution in [0.5, 0.6) is 0 Å². The van der Waals surface area contributed by atoms with Gasteiger partial charge >= 0.3 is 0 Å². The van der Waals surface area contributed by atoms with Crippen molar-refractivity contribution in [3.05, 3.63) is 232 Å². The van der Waals surface area contributed by atoms with Crippen molar-refractivity contribution >= 4 is 150 Å². The molecule has 0 spiro atoms. The van der Waals surface area contributed by atoms with E-state index in [0.29, 0.717) is 136 Å². The molecule has 0 aliphatic carbocycles. The van der Waals surface area contributed by atoms with Gasteiger partial charge < -0.3 is 83.7 Å². The molecule has 0 bridgehead atoms. The fourth-order valence-electron chi connectivity index (χ4n) is 21.0. The van der Waals surface area contributed by atoms with Crippen LogP contribution in [0.4, 0.5) is 37.7 Å². The highest BCUT2D eigenvalue weighted by Gasteiger charge is 2.35. The van der Waals surface area contributed by atoms with Crippen LogP contribution in [-0.2, 0) is 73.2 Å². The number of anilines is 2. The van der Waals surface area contributed by atoms with Crippen molar-refractivity contribution < 1.29 is 73.1 Å². The van der Waals surface area contributed by atoms with Crippen LogP contribution in [0.15, 0.2) is 91.0 Å². The summed E-state index contributed by atoms with van der Waals surface area (Å²) in [6, 6.07) is 23.8. The molecule has 14 aromatic rings. The summed E-state index contributed by atoms with van der Waals surface area (Å²) in [6.07, 6.45) is 1.58. The molecule has 7 amide bonds. The van der Waals surface area contributed by atoms with Gasteiger partial charge in [-0.15, -0.1) is 0 Å². The number of ether oxygens (including phenoxy) is 1. The molecular weight excluding hydrogens is 1770 g/mol. The highest BCUT2D eigenvalue weighted by atomic mass is 35.5. The maximum Gasteiger partial charge on any atom is 0.268 e. The first kappa shape index (κ1) is 92.8. The van der Waals surface area contributed by atoms with Crippen molar-refractivity contribution in [2.75, 3.05) is 107 Å². The molecule has 34 heteroatoms. The van der Waals surface area contributed by atoms with Gasteiger partial charge in [-0.25, -0.2) is 34.8 Å². The summed E-state index contributed by atoms with van der Waals surface area (Å²) in [4.78, 5) is 88.0. The summed E-state index contributed by atoms with van der Waals surface area (Å²) in [6.45, 7) is 36.3. The number of hydrogen-bond donors (Lipinski definition) is 7. The summed E-state index contributed by atoms with van der Waals surface area (Å²) in [7, 11) is -3.01. The van der Waals surface area contributed by atoms with Gasteiger partial charge in [-0.1, -0.05) is 32.4 Å².